The molecule has 4 rings (SSSR count). The maximum atomic E-state index is 13.5. The third kappa shape index (κ3) is 4.09. The number of sulfonamides is 1. The van der Waals surface area contributed by atoms with E-state index in [1.165, 1.54) is 28.7 Å². The number of nitrogens with zero attached hydrogens (tertiary/aromatic N) is 2. The fourth-order valence-corrected chi connectivity index (χ4v) is 5.41. The first-order valence-electron chi connectivity index (χ1n) is 9.40. The number of hydrogen-bond donors (Lipinski definition) is 4. The van der Waals surface area contributed by atoms with Crippen molar-refractivity contribution in [2.24, 2.45) is 0 Å². The number of aromatic carboxylic acids is 1. The average molecular weight is 507 g/mol. The van der Waals surface area contributed by atoms with Gasteiger partial charge in [0, 0.05) is 42.2 Å². The van der Waals surface area contributed by atoms with Crippen molar-refractivity contribution in [3.8, 4) is 5.75 Å². The summed E-state index contributed by atoms with van der Waals surface area (Å²) in [6, 6.07) is 9.43. The first-order chi connectivity index (χ1) is 14.8. The van der Waals surface area contributed by atoms with Crippen LogP contribution in [0.5, 0.6) is 5.75 Å². The average Bonchev–Trinajstić information content (AvgIpc) is 2.74. The molecule has 3 aromatic rings. The molecular weight excluding hydrogens is 488 g/mol. The Kier molecular flexibility index (Phi) is 5.84. The van der Waals surface area contributed by atoms with Crippen molar-refractivity contribution in [1.29, 1.82) is 0 Å². The van der Waals surface area contributed by atoms with Crippen molar-refractivity contribution in [2.75, 3.05) is 31.5 Å². The highest BCUT2D eigenvalue weighted by molar-refractivity contribution is 9.10. The number of anilines is 2. The summed E-state index contributed by atoms with van der Waals surface area (Å²) < 4.78 is 29.0. The summed E-state index contributed by atoms with van der Waals surface area (Å²) in [5.74, 6) is -1.77. The van der Waals surface area contributed by atoms with Crippen molar-refractivity contribution in [3.05, 3.63) is 52.6 Å². The molecule has 4 N–H and O–H groups in total. The maximum Gasteiger partial charge on any atom is 0.341 e. The summed E-state index contributed by atoms with van der Waals surface area (Å²) in [6.45, 7) is 1.68. The molecule has 0 unspecified atom stereocenters. The van der Waals surface area contributed by atoms with E-state index in [4.69, 9.17) is 0 Å². The predicted octanol–water partition coefficient (Wildman–Crippen LogP) is 2.74. The van der Waals surface area contributed by atoms with E-state index in [-0.39, 0.29) is 21.8 Å². The summed E-state index contributed by atoms with van der Waals surface area (Å²) in [6.07, 6.45) is 1.28. The van der Waals surface area contributed by atoms with Crippen LogP contribution in [0.15, 0.2) is 52.0 Å². The highest BCUT2D eigenvalue weighted by atomic mass is 79.9. The number of piperazine rings is 1. The van der Waals surface area contributed by atoms with Crippen molar-refractivity contribution in [1.82, 2.24) is 14.6 Å². The minimum atomic E-state index is -3.92. The topological polar surface area (TPSA) is 132 Å². The summed E-state index contributed by atoms with van der Waals surface area (Å²) in [4.78, 5) is 16.0. The number of carboxylic acids is 1. The summed E-state index contributed by atoms with van der Waals surface area (Å²) in [5.41, 5.74) is 0.435. The molecule has 0 bridgehead atoms. The molecule has 0 saturated carbocycles. The Labute approximate surface area is 186 Å². The van der Waals surface area contributed by atoms with Gasteiger partial charge in [0.25, 0.3) is 0 Å². The monoisotopic (exact) mass is 506 g/mol. The fourth-order valence-electron chi connectivity index (χ4n) is 3.50. The summed E-state index contributed by atoms with van der Waals surface area (Å²) in [7, 11) is -3.92. The van der Waals surface area contributed by atoms with Crippen LogP contribution in [-0.2, 0) is 10.0 Å². The second kappa shape index (κ2) is 8.42. The van der Waals surface area contributed by atoms with E-state index in [0.29, 0.717) is 41.6 Å². The Hall–Kier alpha value is -2.73. The zero-order valence-electron chi connectivity index (χ0n) is 16.2. The molecule has 1 fully saturated rings. The van der Waals surface area contributed by atoms with E-state index in [1.54, 1.807) is 18.2 Å². The number of hydrogen-bond acceptors (Lipinski definition) is 7. The maximum absolute atomic E-state index is 13.5. The van der Waals surface area contributed by atoms with Gasteiger partial charge in [0.2, 0.25) is 10.0 Å². The second-order valence-corrected chi connectivity index (χ2v) is 9.76. The van der Waals surface area contributed by atoms with Crippen LogP contribution in [0.4, 0.5) is 11.4 Å². The Morgan fingerprint density at radius 2 is 1.94 bits per heavy atom. The zero-order chi connectivity index (χ0) is 22.2. The molecule has 11 heteroatoms. The third-order valence-corrected chi connectivity index (χ3v) is 7.41. The van der Waals surface area contributed by atoms with Gasteiger partial charge in [0.1, 0.15) is 16.2 Å². The highest BCUT2D eigenvalue weighted by Gasteiger charge is 2.30. The van der Waals surface area contributed by atoms with Gasteiger partial charge in [-0.1, -0.05) is 22.0 Å². The van der Waals surface area contributed by atoms with Crippen LogP contribution in [0.3, 0.4) is 0 Å². The molecule has 0 aliphatic carbocycles. The lowest BCUT2D eigenvalue weighted by Gasteiger charge is -2.28. The summed E-state index contributed by atoms with van der Waals surface area (Å²) in [5, 5.41) is 26.2. The fraction of sp³-hybridized carbons (Fsp3) is 0.200. The van der Waals surface area contributed by atoms with Gasteiger partial charge in [-0.15, -0.1) is 0 Å². The molecule has 0 spiro atoms. The van der Waals surface area contributed by atoms with E-state index in [0.717, 1.165) is 0 Å². The number of aromatic nitrogens is 1. The zero-order valence-corrected chi connectivity index (χ0v) is 18.6. The number of halogens is 1. The Bertz CT molecular complexity index is 1280. The smallest absolute Gasteiger partial charge is 0.341 e. The van der Waals surface area contributed by atoms with Crippen molar-refractivity contribution in [3.63, 3.8) is 0 Å². The molecule has 0 radical (unpaired) electrons. The van der Waals surface area contributed by atoms with Gasteiger partial charge < -0.3 is 20.8 Å². The normalized spacial score (nSPS) is 15.1. The second-order valence-electron chi connectivity index (χ2n) is 6.94. The number of pyridine rings is 1. The van der Waals surface area contributed by atoms with E-state index in [1.807, 2.05) is 0 Å². The van der Waals surface area contributed by atoms with Gasteiger partial charge in [0.05, 0.1) is 16.9 Å². The third-order valence-electron chi connectivity index (χ3n) is 5.01. The molecule has 1 aromatic heterocycles. The lowest BCUT2D eigenvalue weighted by Crippen LogP contribution is -2.46. The van der Waals surface area contributed by atoms with E-state index >= 15 is 0 Å². The minimum Gasteiger partial charge on any atom is -0.507 e. The van der Waals surface area contributed by atoms with Crippen LogP contribution < -0.4 is 10.6 Å². The van der Waals surface area contributed by atoms with Crippen LogP contribution in [-0.4, -0.2) is 60.1 Å². The van der Waals surface area contributed by atoms with Gasteiger partial charge in [-0.05, 0) is 30.3 Å². The number of fused-ring (bicyclic) bond motifs is 1. The van der Waals surface area contributed by atoms with Gasteiger partial charge in [-0.3, -0.25) is 4.98 Å². The van der Waals surface area contributed by atoms with Crippen LogP contribution in [0.2, 0.25) is 0 Å². The number of carboxylic acid groups (broad SMARTS) is 1. The molecule has 2 aromatic carbocycles. The van der Waals surface area contributed by atoms with Crippen molar-refractivity contribution < 1.29 is 23.4 Å². The van der Waals surface area contributed by atoms with Crippen LogP contribution in [0.25, 0.3) is 10.9 Å². The van der Waals surface area contributed by atoms with E-state index in [9.17, 15) is 23.4 Å². The predicted molar refractivity (Wildman–Crippen MR) is 119 cm³/mol. The highest BCUT2D eigenvalue weighted by Crippen LogP contribution is 2.37. The number of carbonyl (C=O) groups is 1. The molecule has 1 aliphatic heterocycles. The lowest BCUT2D eigenvalue weighted by atomic mass is 10.1. The molecule has 1 aliphatic rings. The minimum absolute atomic E-state index is 0.0664. The van der Waals surface area contributed by atoms with Crippen LogP contribution in [0.1, 0.15) is 10.4 Å². The molecule has 31 heavy (non-hydrogen) atoms. The van der Waals surface area contributed by atoms with Crippen LogP contribution in [0, 0.1) is 0 Å². The number of benzene rings is 2. The first-order valence-corrected chi connectivity index (χ1v) is 11.6. The van der Waals surface area contributed by atoms with Crippen LogP contribution >= 0.6 is 15.9 Å². The molecule has 9 nitrogen and oxygen atoms in total. The first kappa shape index (κ1) is 21.5. The van der Waals surface area contributed by atoms with E-state index in [2.05, 4.69) is 31.5 Å². The summed E-state index contributed by atoms with van der Waals surface area (Å²) >= 11 is 3.40. The molecule has 2 heterocycles. The Morgan fingerprint density at radius 3 is 2.65 bits per heavy atom. The van der Waals surface area contributed by atoms with E-state index < -0.39 is 21.7 Å². The number of aromatic hydroxyl groups is 1. The molecular formula is C20H19BrN4O5S. The van der Waals surface area contributed by atoms with Gasteiger partial charge in [-0.2, -0.15) is 4.31 Å². The van der Waals surface area contributed by atoms with Crippen molar-refractivity contribution >= 4 is 54.2 Å². The largest absolute Gasteiger partial charge is 0.507 e. The van der Waals surface area contributed by atoms with Crippen molar-refractivity contribution in [2.45, 2.75) is 4.90 Å². The number of phenols is 1. The standard InChI is InChI=1S/C20H19BrN4O5S/c21-12-4-5-14-13(10-12)19(24-15-2-1-3-16(26)18(15)20(27)28)17(11-23-14)31(29,30)25-8-6-22-7-9-25/h1-5,10-11,22,26H,6-9H2,(H,23,24)(H,27,28). The molecule has 162 valence electrons. The molecule has 0 amide bonds. The Balaban J connectivity index is 1.95. The lowest BCUT2D eigenvalue weighted by molar-refractivity contribution is 0.0695. The number of nitrogens with one attached hydrogen (secondary N) is 2. The number of rotatable bonds is 5. The van der Waals surface area contributed by atoms with Gasteiger partial charge in [-0.25, -0.2) is 13.2 Å². The molecule has 0 atom stereocenters. The van der Waals surface area contributed by atoms with Gasteiger partial charge >= 0.3 is 5.97 Å². The SMILES string of the molecule is O=C(O)c1c(O)cccc1Nc1c(S(=O)(=O)N2CCNCC2)cnc2ccc(Br)cc12. The molecule has 1 saturated heterocycles. The van der Waals surface area contributed by atoms with Gasteiger partial charge in [0.15, 0.2) is 0 Å². The quantitative estimate of drug-likeness (QED) is 0.415. The Morgan fingerprint density at radius 1 is 1.19 bits per heavy atom.